The standard InChI is InChI=1S/C24H27N5O3/c1-24(2)11-15-9-17(27-23(30)16-12-26-29-8-4-7-25-22(16)29)19(10-20(15)32-24)28-13-14-5-6-18(28)21(14)31-3/h4,7-10,12,14,18,21H,5-6,11,13H2,1-3H3,(H,27,30). The lowest BCUT2D eigenvalue weighted by Gasteiger charge is -2.31. The molecule has 3 aliphatic rings. The molecule has 4 heterocycles. The van der Waals surface area contributed by atoms with Gasteiger partial charge in [-0.05, 0) is 38.8 Å². The van der Waals surface area contributed by atoms with Crippen molar-refractivity contribution in [1.82, 2.24) is 14.6 Å². The number of amides is 1. The van der Waals surface area contributed by atoms with E-state index in [1.54, 1.807) is 36.3 Å². The molecule has 1 amide bonds. The number of rotatable bonds is 4. The molecule has 2 bridgehead atoms. The number of hydrogen-bond acceptors (Lipinski definition) is 6. The fourth-order valence-electron chi connectivity index (χ4n) is 5.72. The van der Waals surface area contributed by atoms with Crippen LogP contribution in [0, 0.1) is 5.92 Å². The molecule has 3 aromatic rings. The molecular weight excluding hydrogens is 406 g/mol. The molecule has 1 aromatic carbocycles. The summed E-state index contributed by atoms with van der Waals surface area (Å²) in [7, 11) is 1.80. The van der Waals surface area contributed by atoms with Crippen LogP contribution in [-0.2, 0) is 11.2 Å². The van der Waals surface area contributed by atoms with Crippen LogP contribution in [0.1, 0.15) is 42.6 Å². The minimum absolute atomic E-state index is 0.217. The molecule has 8 heteroatoms. The maximum absolute atomic E-state index is 13.3. The van der Waals surface area contributed by atoms with Gasteiger partial charge in [-0.2, -0.15) is 5.10 Å². The van der Waals surface area contributed by atoms with Crippen molar-refractivity contribution in [2.75, 3.05) is 23.9 Å². The zero-order valence-electron chi connectivity index (χ0n) is 18.5. The lowest BCUT2D eigenvalue weighted by molar-refractivity contribution is 0.0854. The summed E-state index contributed by atoms with van der Waals surface area (Å²) in [6.45, 7) is 5.11. The maximum Gasteiger partial charge on any atom is 0.261 e. The first-order valence-corrected chi connectivity index (χ1v) is 11.2. The van der Waals surface area contributed by atoms with Crippen LogP contribution >= 0.6 is 0 Å². The average Bonchev–Trinajstić information content (AvgIpc) is 3.52. The van der Waals surface area contributed by atoms with E-state index < -0.39 is 0 Å². The molecule has 1 saturated carbocycles. The van der Waals surface area contributed by atoms with Crippen LogP contribution in [0.4, 0.5) is 11.4 Å². The number of hydrogen-bond donors (Lipinski definition) is 1. The van der Waals surface area contributed by atoms with Gasteiger partial charge in [0, 0.05) is 50.0 Å². The highest BCUT2D eigenvalue weighted by Gasteiger charge is 2.48. The topological polar surface area (TPSA) is 81.0 Å². The van der Waals surface area contributed by atoms with Gasteiger partial charge >= 0.3 is 0 Å². The zero-order chi connectivity index (χ0) is 22.0. The van der Waals surface area contributed by atoms with E-state index in [0.717, 1.165) is 42.1 Å². The number of nitrogens with one attached hydrogen (secondary N) is 1. The minimum atomic E-state index is -0.256. The van der Waals surface area contributed by atoms with Gasteiger partial charge in [0.15, 0.2) is 5.65 Å². The number of aromatic nitrogens is 3. The van der Waals surface area contributed by atoms with Gasteiger partial charge in [-0.3, -0.25) is 4.79 Å². The van der Waals surface area contributed by atoms with Crippen molar-refractivity contribution in [3.63, 3.8) is 0 Å². The summed E-state index contributed by atoms with van der Waals surface area (Å²) in [6, 6.07) is 6.27. The van der Waals surface area contributed by atoms with Gasteiger partial charge in [0.05, 0.1) is 29.7 Å². The highest BCUT2D eigenvalue weighted by atomic mass is 16.5. The molecule has 0 radical (unpaired) electrons. The average molecular weight is 434 g/mol. The summed E-state index contributed by atoms with van der Waals surface area (Å²) in [5.74, 6) is 1.20. The normalized spacial score (nSPS) is 25.2. The van der Waals surface area contributed by atoms with E-state index >= 15 is 0 Å². The molecule has 2 fully saturated rings. The van der Waals surface area contributed by atoms with Gasteiger partial charge in [0.2, 0.25) is 0 Å². The van der Waals surface area contributed by atoms with Gasteiger partial charge in [0.25, 0.3) is 5.91 Å². The minimum Gasteiger partial charge on any atom is -0.487 e. The number of benzene rings is 1. The van der Waals surface area contributed by atoms with Gasteiger partial charge in [-0.1, -0.05) is 0 Å². The molecule has 2 aromatic heterocycles. The molecule has 1 aliphatic carbocycles. The lowest BCUT2D eigenvalue weighted by atomic mass is 10.00. The molecular formula is C24H27N5O3. The van der Waals surface area contributed by atoms with Gasteiger partial charge < -0.3 is 19.7 Å². The Kier molecular flexibility index (Phi) is 4.24. The predicted octanol–water partition coefficient (Wildman–Crippen LogP) is 3.31. The third-order valence-corrected chi connectivity index (χ3v) is 7.04. The van der Waals surface area contributed by atoms with E-state index in [2.05, 4.69) is 46.3 Å². The van der Waals surface area contributed by atoms with Crippen molar-refractivity contribution in [2.24, 2.45) is 5.92 Å². The van der Waals surface area contributed by atoms with Crippen molar-refractivity contribution in [2.45, 2.75) is 50.9 Å². The first kappa shape index (κ1) is 19.5. The van der Waals surface area contributed by atoms with Crippen LogP contribution in [0.15, 0.2) is 36.8 Å². The van der Waals surface area contributed by atoms with E-state index in [4.69, 9.17) is 9.47 Å². The number of nitrogens with zero attached hydrogens (tertiary/aromatic N) is 4. The number of piperidine rings is 1. The Morgan fingerprint density at radius 3 is 3.00 bits per heavy atom. The van der Waals surface area contributed by atoms with E-state index in [1.807, 2.05) is 0 Å². The first-order valence-electron chi connectivity index (χ1n) is 11.2. The number of methoxy groups -OCH3 is 1. The summed E-state index contributed by atoms with van der Waals surface area (Å²) < 4.78 is 13.7. The Labute approximate surface area is 186 Å². The molecule has 32 heavy (non-hydrogen) atoms. The van der Waals surface area contributed by atoms with Gasteiger partial charge in [0.1, 0.15) is 16.9 Å². The zero-order valence-corrected chi connectivity index (χ0v) is 18.5. The second kappa shape index (κ2) is 6.93. The summed E-state index contributed by atoms with van der Waals surface area (Å²) >= 11 is 0. The van der Waals surface area contributed by atoms with E-state index in [0.29, 0.717) is 23.2 Å². The summed E-state index contributed by atoms with van der Waals surface area (Å²) in [6.07, 6.45) is 8.33. The molecule has 0 spiro atoms. The maximum atomic E-state index is 13.3. The molecule has 3 unspecified atom stereocenters. The monoisotopic (exact) mass is 433 g/mol. The van der Waals surface area contributed by atoms with Crippen LogP contribution in [-0.4, -0.2) is 51.9 Å². The predicted molar refractivity (Wildman–Crippen MR) is 120 cm³/mol. The second-order valence-electron chi connectivity index (χ2n) is 9.67. The fraction of sp³-hybridized carbons (Fsp3) is 0.458. The molecule has 2 aliphatic heterocycles. The van der Waals surface area contributed by atoms with Crippen LogP contribution in [0.2, 0.25) is 0 Å². The summed E-state index contributed by atoms with van der Waals surface area (Å²) in [5, 5.41) is 7.42. The number of anilines is 2. The SMILES string of the molecule is COC1C2CCC1N(c1cc3c(cc1NC(=O)c1cnn4cccnc14)CC(C)(C)O3)C2. The summed E-state index contributed by atoms with van der Waals surface area (Å²) in [5.41, 5.74) is 3.64. The van der Waals surface area contributed by atoms with Crippen molar-refractivity contribution < 1.29 is 14.3 Å². The highest BCUT2D eigenvalue weighted by Crippen LogP contribution is 2.47. The number of carbonyl (C=O) groups excluding carboxylic acids is 1. The largest absolute Gasteiger partial charge is 0.487 e. The Morgan fingerprint density at radius 1 is 1.31 bits per heavy atom. The van der Waals surface area contributed by atoms with Gasteiger partial charge in [-0.15, -0.1) is 0 Å². The third kappa shape index (κ3) is 2.97. The smallest absolute Gasteiger partial charge is 0.261 e. The van der Waals surface area contributed by atoms with Crippen LogP contribution < -0.4 is 15.0 Å². The van der Waals surface area contributed by atoms with Crippen molar-refractivity contribution in [1.29, 1.82) is 0 Å². The molecule has 166 valence electrons. The molecule has 8 nitrogen and oxygen atoms in total. The number of carbonyl (C=O) groups is 1. The second-order valence-corrected chi connectivity index (χ2v) is 9.67. The van der Waals surface area contributed by atoms with Crippen molar-refractivity contribution >= 4 is 22.9 Å². The Bertz CT molecular complexity index is 1220. The Hall–Kier alpha value is -3.13. The number of fused-ring (bicyclic) bond motifs is 4. The Balaban J connectivity index is 1.39. The van der Waals surface area contributed by atoms with Crippen LogP contribution in [0.25, 0.3) is 5.65 Å². The molecule has 1 saturated heterocycles. The third-order valence-electron chi connectivity index (χ3n) is 7.04. The first-order chi connectivity index (χ1) is 15.4. The fourth-order valence-corrected chi connectivity index (χ4v) is 5.72. The summed E-state index contributed by atoms with van der Waals surface area (Å²) in [4.78, 5) is 20.0. The highest BCUT2D eigenvalue weighted by molar-refractivity contribution is 6.09. The van der Waals surface area contributed by atoms with Gasteiger partial charge in [-0.25, -0.2) is 9.50 Å². The quantitative estimate of drug-likeness (QED) is 0.680. The Morgan fingerprint density at radius 2 is 2.19 bits per heavy atom. The van der Waals surface area contributed by atoms with Crippen LogP contribution in [0.5, 0.6) is 5.75 Å². The molecule has 6 rings (SSSR count). The lowest BCUT2D eigenvalue weighted by Crippen LogP contribution is -2.35. The van der Waals surface area contributed by atoms with E-state index in [-0.39, 0.29) is 17.6 Å². The number of ether oxygens (including phenoxy) is 2. The molecule has 3 atom stereocenters. The van der Waals surface area contributed by atoms with E-state index in [1.165, 1.54) is 6.42 Å². The molecule has 1 N–H and O–H groups in total. The van der Waals surface area contributed by atoms with Crippen LogP contribution in [0.3, 0.4) is 0 Å². The van der Waals surface area contributed by atoms with Crippen molar-refractivity contribution in [3.05, 3.63) is 47.9 Å². The van der Waals surface area contributed by atoms with E-state index in [9.17, 15) is 4.79 Å². The van der Waals surface area contributed by atoms with Crippen molar-refractivity contribution in [3.8, 4) is 5.75 Å².